The Kier molecular flexibility index (Phi) is 15.5. The lowest BCUT2D eigenvalue weighted by atomic mass is 9.91. The first-order valence-electron chi connectivity index (χ1n) is 22.5. The van der Waals surface area contributed by atoms with Crippen molar-refractivity contribution in [2.75, 3.05) is 19.0 Å². The first-order chi connectivity index (χ1) is 31.3. The van der Waals surface area contributed by atoms with Gasteiger partial charge in [0.25, 0.3) is 0 Å². The molecule has 1 amide bonds. The van der Waals surface area contributed by atoms with E-state index >= 15 is 0 Å². The summed E-state index contributed by atoms with van der Waals surface area (Å²) in [5, 5.41) is 4.96. The zero-order valence-electron chi connectivity index (χ0n) is 37.1. The molecule has 1 saturated carbocycles. The second-order valence-electron chi connectivity index (χ2n) is 18.3. The molecular formula is C47H55ClF5N4O7PS. The van der Waals surface area contributed by atoms with Crippen molar-refractivity contribution in [3.05, 3.63) is 64.0 Å². The third-order valence-corrected chi connectivity index (χ3v) is 17.1. The summed E-state index contributed by atoms with van der Waals surface area (Å²) in [5.41, 5.74) is 0.739. The van der Waals surface area contributed by atoms with Crippen LogP contribution in [0.5, 0.6) is 11.5 Å². The van der Waals surface area contributed by atoms with Crippen molar-refractivity contribution in [1.29, 1.82) is 0 Å². The van der Waals surface area contributed by atoms with Crippen LogP contribution in [0.4, 0.5) is 27.1 Å². The number of Topliss-reactive ketones (excluding diaryl/α,β-unsaturated/α-hetero) is 2. The van der Waals surface area contributed by atoms with E-state index in [0.717, 1.165) is 31.0 Å². The van der Waals surface area contributed by atoms with Gasteiger partial charge in [-0.1, -0.05) is 49.8 Å². The number of aromatic nitrogens is 2. The van der Waals surface area contributed by atoms with E-state index in [4.69, 9.17) is 31.0 Å². The number of methoxy groups -OCH3 is 1. The molecular weight excluding hydrogens is 926 g/mol. The highest BCUT2D eigenvalue weighted by Gasteiger charge is 2.66. The van der Waals surface area contributed by atoms with Crippen molar-refractivity contribution in [2.45, 2.75) is 139 Å². The van der Waals surface area contributed by atoms with Gasteiger partial charge < -0.3 is 24.6 Å². The van der Waals surface area contributed by atoms with Gasteiger partial charge in [-0.25, -0.2) is 18.7 Å². The van der Waals surface area contributed by atoms with Crippen molar-refractivity contribution in [2.24, 2.45) is 11.8 Å². The predicted molar refractivity (Wildman–Crippen MR) is 243 cm³/mol. The standard InChI is InChI=1S/C47H55ClF5N4O7PS/c1-27(2)54-45-56-37(26-66-45)36-21-41(32-16-17-40(63-3)42(48)43(32)55-36)64-31-20-38-39(59)23-46(65(61,62)25-33-34(49)14-9-15-35(33)50)22-29(46)12-8-6-4-5-7-11-28(44(60)57(38)24-31)19-30(58)13-10-18-47(51,52)53/h9,14-17,21,26-29,31,38H,4-8,10-13,18-20,22-25H2,1-3H3,(H,54,56)(H,61,62)/t28?,29-,31+,38-,46+/m0/s1. The van der Waals surface area contributed by atoms with Crippen molar-refractivity contribution < 1.29 is 55.3 Å². The van der Waals surface area contributed by atoms with Crippen molar-refractivity contribution in [3.8, 4) is 22.9 Å². The van der Waals surface area contributed by atoms with E-state index in [0.29, 0.717) is 64.6 Å². The first kappa shape index (κ1) is 49.7. The van der Waals surface area contributed by atoms with Gasteiger partial charge in [0.05, 0.1) is 42.2 Å². The lowest BCUT2D eigenvalue weighted by Gasteiger charge is -2.30. The van der Waals surface area contributed by atoms with Crippen LogP contribution in [0, 0.1) is 23.5 Å². The SMILES string of the molecule is COc1ccc2c(O[C@@H]3C[C@H]4C(=O)C[C@]5(P(=O)(O)Cc6c(F)cccc6F)C[C@@H]5CCCCCCCC(CC(=O)CCCC(F)(F)F)C(=O)N4C3)cc(-c3csc(NC(C)C)n3)nc2c1Cl. The Morgan fingerprint density at radius 3 is 2.45 bits per heavy atom. The van der Waals surface area contributed by atoms with Gasteiger partial charge >= 0.3 is 6.18 Å². The van der Waals surface area contributed by atoms with Gasteiger partial charge in [0.2, 0.25) is 13.3 Å². The first-order valence-corrected chi connectivity index (χ1v) is 25.6. The lowest BCUT2D eigenvalue weighted by Crippen LogP contribution is -2.45. The fourth-order valence-corrected chi connectivity index (χ4v) is 13.4. The number of hydrogen-bond acceptors (Lipinski definition) is 10. The monoisotopic (exact) mass is 980 g/mol. The number of nitrogens with zero attached hydrogens (tertiary/aromatic N) is 3. The maximum atomic E-state index is 15.0. The largest absolute Gasteiger partial charge is 0.495 e. The molecule has 3 aliphatic rings. The summed E-state index contributed by atoms with van der Waals surface area (Å²) in [6.45, 7) is 3.83. The van der Waals surface area contributed by atoms with Gasteiger partial charge in [0, 0.05) is 66.5 Å². The number of ether oxygens (including phenoxy) is 2. The summed E-state index contributed by atoms with van der Waals surface area (Å²) >= 11 is 8.22. The van der Waals surface area contributed by atoms with Crippen LogP contribution in [0.15, 0.2) is 41.8 Å². The summed E-state index contributed by atoms with van der Waals surface area (Å²) in [6.07, 6.45) is -4.45. The average molecular weight is 981 g/mol. The molecule has 66 heavy (non-hydrogen) atoms. The zero-order chi connectivity index (χ0) is 47.6. The molecule has 6 atom stereocenters. The number of carbonyl (C=O) groups is 3. The quantitative estimate of drug-likeness (QED) is 0.0924. The van der Waals surface area contributed by atoms with E-state index in [1.807, 2.05) is 19.2 Å². The average Bonchev–Trinajstić information content (AvgIpc) is 3.51. The highest BCUT2D eigenvalue weighted by Crippen LogP contribution is 2.75. The Balaban J connectivity index is 1.25. The molecule has 2 aliphatic heterocycles. The van der Waals surface area contributed by atoms with E-state index in [1.54, 1.807) is 18.2 Å². The predicted octanol–water partition coefficient (Wildman–Crippen LogP) is 11.7. The molecule has 2 saturated heterocycles. The molecule has 4 heterocycles. The van der Waals surface area contributed by atoms with Crippen molar-refractivity contribution in [1.82, 2.24) is 14.9 Å². The minimum Gasteiger partial charge on any atom is -0.495 e. The number of alkyl halides is 3. The van der Waals surface area contributed by atoms with E-state index in [1.165, 1.54) is 23.3 Å². The molecule has 1 aliphatic carbocycles. The minimum absolute atomic E-state index is 0.0581. The Hall–Kier alpha value is -4.18. The minimum atomic E-state index is -4.51. The lowest BCUT2D eigenvalue weighted by molar-refractivity contribution is -0.143. The molecule has 4 aromatic rings. The van der Waals surface area contributed by atoms with Crippen LogP contribution in [0.2, 0.25) is 5.02 Å². The van der Waals surface area contributed by atoms with E-state index in [2.05, 4.69) is 5.32 Å². The van der Waals surface area contributed by atoms with Crippen molar-refractivity contribution >= 4 is 63.8 Å². The van der Waals surface area contributed by atoms with Crippen LogP contribution in [-0.4, -0.2) is 80.4 Å². The van der Waals surface area contributed by atoms with Gasteiger partial charge in [0.15, 0.2) is 10.9 Å². The number of pyridine rings is 1. The fraction of sp³-hybridized carbons (Fsp3) is 0.553. The molecule has 19 heteroatoms. The molecule has 2 aromatic heterocycles. The molecule has 7 rings (SSSR count). The van der Waals surface area contributed by atoms with Crippen LogP contribution >= 0.6 is 30.3 Å². The number of nitrogens with one attached hydrogen (secondary N) is 1. The van der Waals surface area contributed by atoms with Crippen molar-refractivity contribution in [3.63, 3.8) is 0 Å². The molecule has 358 valence electrons. The van der Waals surface area contributed by atoms with E-state index in [9.17, 15) is 45.8 Å². The topological polar surface area (TPSA) is 148 Å². The van der Waals surface area contributed by atoms with Crippen LogP contribution in [0.3, 0.4) is 0 Å². The van der Waals surface area contributed by atoms with Gasteiger partial charge in [0.1, 0.15) is 45.7 Å². The normalized spacial score (nSPS) is 24.0. The third-order valence-electron chi connectivity index (χ3n) is 13.1. The second kappa shape index (κ2) is 20.6. The number of benzene rings is 2. The number of thiazole rings is 1. The van der Waals surface area contributed by atoms with Crippen LogP contribution in [0.1, 0.15) is 109 Å². The number of rotatable bonds is 14. The molecule has 2 N–H and O–H groups in total. The van der Waals surface area contributed by atoms with Gasteiger partial charge in [-0.3, -0.25) is 18.9 Å². The molecule has 0 bridgehead atoms. The summed E-state index contributed by atoms with van der Waals surface area (Å²) in [5.74, 6) is -4.19. The number of carbonyl (C=O) groups excluding carboxylic acids is 3. The maximum Gasteiger partial charge on any atom is 0.389 e. The van der Waals surface area contributed by atoms with Gasteiger partial charge in [-0.2, -0.15) is 13.2 Å². The van der Waals surface area contributed by atoms with E-state index in [-0.39, 0.29) is 55.6 Å². The number of anilines is 1. The smallest absolute Gasteiger partial charge is 0.389 e. The van der Waals surface area contributed by atoms with Gasteiger partial charge in [-0.15, -0.1) is 11.3 Å². The third kappa shape index (κ3) is 11.4. The van der Waals surface area contributed by atoms with E-state index < -0.39 is 96.9 Å². The molecule has 2 aromatic carbocycles. The molecule has 11 nitrogen and oxygen atoms in total. The molecule has 3 fully saturated rings. The van der Waals surface area contributed by atoms with Crippen LogP contribution in [0.25, 0.3) is 22.3 Å². The maximum absolute atomic E-state index is 15.0. The highest BCUT2D eigenvalue weighted by atomic mass is 35.5. The molecule has 2 unspecified atom stereocenters. The Morgan fingerprint density at radius 1 is 1.05 bits per heavy atom. The number of amides is 1. The number of ketones is 2. The number of fused-ring (bicyclic) bond motifs is 3. The molecule has 0 spiro atoms. The summed E-state index contributed by atoms with van der Waals surface area (Å²) < 4.78 is 95.8. The number of hydrogen-bond donors (Lipinski definition) is 2. The summed E-state index contributed by atoms with van der Waals surface area (Å²) in [4.78, 5) is 65.8. The Morgan fingerprint density at radius 2 is 1.76 bits per heavy atom. The van der Waals surface area contributed by atoms with Crippen LogP contribution < -0.4 is 14.8 Å². The Labute approximate surface area is 389 Å². The number of halogens is 6. The summed E-state index contributed by atoms with van der Waals surface area (Å²) in [6, 6.07) is 7.17. The summed E-state index contributed by atoms with van der Waals surface area (Å²) in [7, 11) is -3.04. The zero-order valence-corrected chi connectivity index (χ0v) is 39.6. The highest BCUT2D eigenvalue weighted by molar-refractivity contribution is 7.59. The van der Waals surface area contributed by atoms with Crippen LogP contribution in [-0.2, 0) is 25.1 Å². The second-order valence-corrected chi connectivity index (χ2v) is 22.1. The fourth-order valence-electron chi connectivity index (χ4n) is 9.61. The van der Waals surface area contributed by atoms with Gasteiger partial charge in [-0.05, 0) is 69.7 Å². The molecule has 0 radical (unpaired) electrons. The Bertz CT molecular complexity index is 2470.